The maximum atomic E-state index is 12.9. The van der Waals surface area contributed by atoms with Crippen LogP contribution in [0.25, 0.3) is 0 Å². The molecular formula is C22H20N2O3. The lowest BCUT2D eigenvalue weighted by molar-refractivity contribution is -0.125. The molecule has 1 aromatic heterocycles. The van der Waals surface area contributed by atoms with E-state index in [-0.39, 0.29) is 5.69 Å². The highest BCUT2D eigenvalue weighted by atomic mass is 16.5. The van der Waals surface area contributed by atoms with Gasteiger partial charge in [0.25, 0.3) is 5.91 Å². The van der Waals surface area contributed by atoms with Crippen molar-refractivity contribution in [3.8, 4) is 0 Å². The molecule has 0 saturated carbocycles. The van der Waals surface area contributed by atoms with Crippen LogP contribution in [0.15, 0.2) is 72.9 Å². The smallest absolute Gasteiger partial charge is 0.358 e. The predicted octanol–water partition coefficient (Wildman–Crippen LogP) is 4.24. The quantitative estimate of drug-likeness (QED) is 0.691. The summed E-state index contributed by atoms with van der Waals surface area (Å²) in [5, 5.41) is 2.87. The molecule has 0 aliphatic carbocycles. The van der Waals surface area contributed by atoms with E-state index in [4.69, 9.17) is 4.74 Å². The molecule has 0 unspecified atom stereocenters. The molecule has 0 radical (unpaired) electrons. The standard InChI is InChI=1S/C22H20N2O3/c1-15-11-12-16(2)19(14-15)24-21(25)20(17-8-4-3-5-9-17)27-22(26)18-10-6-7-13-23-18/h3-14,20H,1-2H3,(H,24,25)/t20-/m1/s1. The van der Waals surface area contributed by atoms with Crippen LogP contribution >= 0.6 is 0 Å². The van der Waals surface area contributed by atoms with Crippen LogP contribution in [-0.2, 0) is 9.53 Å². The molecule has 0 fully saturated rings. The number of hydrogen-bond donors (Lipinski definition) is 1. The average molecular weight is 360 g/mol. The first kappa shape index (κ1) is 18.3. The molecule has 0 bridgehead atoms. The van der Waals surface area contributed by atoms with Gasteiger partial charge in [0.1, 0.15) is 5.69 Å². The number of aromatic nitrogens is 1. The Kier molecular flexibility index (Phi) is 5.61. The lowest BCUT2D eigenvalue weighted by atomic mass is 10.1. The lowest BCUT2D eigenvalue weighted by Crippen LogP contribution is -2.26. The Morgan fingerprint density at radius 2 is 1.70 bits per heavy atom. The summed E-state index contributed by atoms with van der Waals surface area (Å²) in [6.07, 6.45) is 0.421. The SMILES string of the molecule is Cc1ccc(C)c(NC(=O)[C@H](OC(=O)c2ccccn2)c2ccccc2)c1. The minimum Gasteiger partial charge on any atom is -0.443 e. The first-order valence-corrected chi connectivity index (χ1v) is 8.59. The summed E-state index contributed by atoms with van der Waals surface area (Å²) in [5.74, 6) is -1.07. The van der Waals surface area contributed by atoms with Crippen LogP contribution in [-0.4, -0.2) is 16.9 Å². The van der Waals surface area contributed by atoms with E-state index >= 15 is 0 Å². The number of aryl methyl sites for hydroxylation is 2. The van der Waals surface area contributed by atoms with Crippen LogP contribution < -0.4 is 5.32 Å². The van der Waals surface area contributed by atoms with Crippen LogP contribution in [0.2, 0.25) is 0 Å². The molecule has 1 N–H and O–H groups in total. The number of rotatable bonds is 5. The third-order valence-corrected chi connectivity index (χ3v) is 4.09. The topological polar surface area (TPSA) is 68.3 Å². The minimum atomic E-state index is -1.08. The monoisotopic (exact) mass is 360 g/mol. The molecule has 136 valence electrons. The van der Waals surface area contributed by atoms with E-state index in [0.717, 1.165) is 11.1 Å². The molecule has 0 aliphatic heterocycles. The van der Waals surface area contributed by atoms with Gasteiger partial charge >= 0.3 is 5.97 Å². The summed E-state index contributed by atoms with van der Waals surface area (Å²) in [6, 6.07) is 19.7. The van der Waals surface area contributed by atoms with Crippen LogP contribution in [0.3, 0.4) is 0 Å². The average Bonchev–Trinajstić information content (AvgIpc) is 2.70. The number of carbonyl (C=O) groups excluding carboxylic acids is 2. The fraction of sp³-hybridized carbons (Fsp3) is 0.136. The van der Waals surface area contributed by atoms with Gasteiger partial charge in [-0.25, -0.2) is 9.78 Å². The Balaban J connectivity index is 1.87. The third kappa shape index (κ3) is 4.58. The predicted molar refractivity (Wildman–Crippen MR) is 103 cm³/mol. The number of pyridine rings is 1. The highest BCUT2D eigenvalue weighted by Crippen LogP contribution is 2.23. The summed E-state index contributed by atoms with van der Waals surface area (Å²) in [4.78, 5) is 29.4. The van der Waals surface area contributed by atoms with Crippen molar-refractivity contribution in [1.29, 1.82) is 0 Å². The first-order valence-electron chi connectivity index (χ1n) is 8.59. The maximum absolute atomic E-state index is 12.9. The number of anilines is 1. The van der Waals surface area contributed by atoms with Crippen molar-refractivity contribution in [2.24, 2.45) is 0 Å². The molecule has 3 aromatic rings. The fourth-order valence-corrected chi connectivity index (χ4v) is 2.62. The number of hydrogen-bond acceptors (Lipinski definition) is 4. The van der Waals surface area contributed by atoms with E-state index in [1.807, 2.05) is 38.1 Å². The third-order valence-electron chi connectivity index (χ3n) is 4.09. The molecule has 0 saturated heterocycles. The largest absolute Gasteiger partial charge is 0.443 e. The van der Waals surface area contributed by atoms with E-state index in [1.54, 1.807) is 42.5 Å². The zero-order valence-electron chi connectivity index (χ0n) is 15.2. The van der Waals surface area contributed by atoms with Gasteiger partial charge in [-0.15, -0.1) is 0 Å². The number of esters is 1. The molecule has 0 aliphatic rings. The second-order valence-corrected chi connectivity index (χ2v) is 6.22. The Morgan fingerprint density at radius 1 is 0.963 bits per heavy atom. The Bertz CT molecular complexity index is 940. The summed E-state index contributed by atoms with van der Waals surface area (Å²) in [7, 11) is 0. The van der Waals surface area contributed by atoms with E-state index in [2.05, 4.69) is 10.3 Å². The number of benzene rings is 2. The maximum Gasteiger partial charge on any atom is 0.358 e. The number of nitrogens with zero attached hydrogens (tertiary/aromatic N) is 1. The zero-order chi connectivity index (χ0) is 19.2. The summed E-state index contributed by atoms with van der Waals surface area (Å²) in [6.45, 7) is 3.86. The zero-order valence-corrected chi connectivity index (χ0v) is 15.2. The molecular weight excluding hydrogens is 340 g/mol. The van der Waals surface area contributed by atoms with E-state index in [1.165, 1.54) is 6.20 Å². The van der Waals surface area contributed by atoms with E-state index < -0.39 is 18.0 Å². The second kappa shape index (κ2) is 8.27. The van der Waals surface area contributed by atoms with Crippen molar-refractivity contribution in [1.82, 2.24) is 4.98 Å². The molecule has 3 rings (SSSR count). The van der Waals surface area contributed by atoms with Crippen molar-refractivity contribution >= 4 is 17.6 Å². The highest BCUT2D eigenvalue weighted by Gasteiger charge is 2.26. The van der Waals surface area contributed by atoms with Crippen molar-refractivity contribution in [2.75, 3.05) is 5.32 Å². The summed E-state index contributed by atoms with van der Waals surface area (Å²) < 4.78 is 5.51. The van der Waals surface area contributed by atoms with Gasteiger partial charge in [-0.1, -0.05) is 48.5 Å². The van der Waals surface area contributed by atoms with E-state index in [0.29, 0.717) is 11.3 Å². The highest BCUT2D eigenvalue weighted by molar-refractivity contribution is 5.98. The van der Waals surface area contributed by atoms with Gasteiger partial charge in [-0.2, -0.15) is 0 Å². The van der Waals surface area contributed by atoms with Gasteiger partial charge in [-0.05, 0) is 43.2 Å². The number of amides is 1. The normalized spacial score (nSPS) is 11.5. The van der Waals surface area contributed by atoms with Gasteiger partial charge in [0.2, 0.25) is 6.10 Å². The number of carbonyl (C=O) groups is 2. The van der Waals surface area contributed by atoms with Gasteiger partial charge in [0.15, 0.2) is 0 Å². The number of nitrogens with one attached hydrogen (secondary N) is 1. The van der Waals surface area contributed by atoms with Crippen LogP contribution in [0.1, 0.15) is 33.3 Å². The van der Waals surface area contributed by atoms with E-state index in [9.17, 15) is 9.59 Å². The number of ether oxygens (including phenoxy) is 1. The second-order valence-electron chi connectivity index (χ2n) is 6.22. The Morgan fingerprint density at radius 3 is 2.41 bits per heavy atom. The van der Waals surface area contributed by atoms with Crippen molar-refractivity contribution < 1.29 is 14.3 Å². The van der Waals surface area contributed by atoms with Gasteiger partial charge in [0.05, 0.1) is 0 Å². The molecule has 1 amide bonds. The molecule has 27 heavy (non-hydrogen) atoms. The molecule has 1 heterocycles. The molecule has 5 heteroatoms. The van der Waals surface area contributed by atoms with Crippen LogP contribution in [0.5, 0.6) is 0 Å². The van der Waals surface area contributed by atoms with Crippen molar-refractivity contribution in [3.63, 3.8) is 0 Å². The van der Waals surface area contributed by atoms with Crippen molar-refractivity contribution in [3.05, 3.63) is 95.3 Å². The Hall–Kier alpha value is -3.47. The lowest BCUT2D eigenvalue weighted by Gasteiger charge is -2.19. The Labute approximate surface area is 158 Å². The van der Waals surface area contributed by atoms with Crippen LogP contribution in [0.4, 0.5) is 5.69 Å². The van der Waals surface area contributed by atoms with Crippen molar-refractivity contribution in [2.45, 2.75) is 20.0 Å². The molecule has 2 aromatic carbocycles. The molecule has 1 atom stereocenters. The van der Waals surface area contributed by atoms with Crippen LogP contribution in [0, 0.1) is 13.8 Å². The first-order chi connectivity index (χ1) is 13.0. The fourth-order valence-electron chi connectivity index (χ4n) is 2.62. The van der Waals surface area contributed by atoms with Gasteiger partial charge in [-0.3, -0.25) is 4.79 Å². The molecule has 5 nitrogen and oxygen atoms in total. The molecule has 0 spiro atoms. The summed E-state index contributed by atoms with van der Waals surface area (Å²) >= 11 is 0. The summed E-state index contributed by atoms with van der Waals surface area (Å²) in [5.41, 5.74) is 3.38. The minimum absolute atomic E-state index is 0.151. The van der Waals surface area contributed by atoms with Gasteiger partial charge in [0, 0.05) is 17.4 Å². The van der Waals surface area contributed by atoms with Gasteiger partial charge < -0.3 is 10.1 Å².